The second kappa shape index (κ2) is 6.45. The molecule has 0 spiro atoms. The minimum absolute atomic E-state index is 0.403. The van der Waals surface area contributed by atoms with Crippen LogP contribution in [0.25, 0.3) is 10.8 Å². The standard InChI is InChI=1S/C14H13FN2O3S/c1-16(13(15)18)21-17(2)14(19)20-12-9-5-7-10-6-3-4-8-11(10)12/h3-9H,1-2H3. The molecule has 0 bridgehead atoms. The molecule has 0 N–H and O–H groups in total. The molecular weight excluding hydrogens is 295 g/mol. The number of amides is 2. The maximum Gasteiger partial charge on any atom is 0.426 e. The van der Waals surface area contributed by atoms with Crippen molar-refractivity contribution in [1.29, 1.82) is 0 Å². The van der Waals surface area contributed by atoms with Gasteiger partial charge in [-0.3, -0.25) is 0 Å². The van der Waals surface area contributed by atoms with Gasteiger partial charge in [-0.1, -0.05) is 36.4 Å². The number of fused-ring (bicyclic) bond motifs is 1. The second-order valence-electron chi connectivity index (χ2n) is 4.17. The average Bonchev–Trinajstić information content (AvgIpc) is 2.47. The van der Waals surface area contributed by atoms with Gasteiger partial charge in [0.25, 0.3) is 0 Å². The molecule has 0 aromatic heterocycles. The molecular formula is C14H13FN2O3S. The van der Waals surface area contributed by atoms with E-state index in [1.807, 2.05) is 30.3 Å². The summed E-state index contributed by atoms with van der Waals surface area (Å²) in [4.78, 5) is 22.4. The van der Waals surface area contributed by atoms with Gasteiger partial charge in [0.2, 0.25) is 0 Å². The first kappa shape index (κ1) is 15.1. The Morgan fingerprint density at radius 3 is 2.43 bits per heavy atom. The zero-order valence-electron chi connectivity index (χ0n) is 11.4. The Balaban J connectivity index is 2.13. The average molecular weight is 308 g/mol. The highest BCUT2D eigenvalue weighted by Crippen LogP contribution is 2.26. The summed E-state index contributed by atoms with van der Waals surface area (Å²) < 4.78 is 19.4. The van der Waals surface area contributed by atoms with Gasteiger partial charge in [0.1, 0.15) is 5.75 Å². The number of hydrogen-bond donors (Lipinski definition) is 0. The lowest BCUT2D eigenvalue weighted by Gasteiger charge is -2.19. The number of halogens is 1. The van der Waals surface area contributed by atoms with Crippen LogP contribution in [-0.2, 0) is 0 Å². The first-order valence-electron chi connectivity index (χ1n) is 6.03. The summed E-state index contributed by atoms with van der Waals surface area (Å²) in [5.74, 6) is 0.403. The van der Waals surface area contributed by atoms with E-state index in [0.29, 0.717) is 22.2 Å². The fourth-order valence-electron chi connectivity index (χ4n) is 1.69. The predicted octanol–water partition coefficient (Wildman–Crippen LogP) is 3.85. The largest absolute Gasteiger partial charge is 0.426 e. The minimum atomic E-state index is -1.65. The monoisotopic (exact) mass is 308 g/mol. The quantitative estimate of drug-likeness (QED) is 0.491. The van der Waals surface area contributed by atoms with Crippen molar-refractivity contribution in [2.75, 3.05) is 14.1 Å². The molecule has 21 heavy (non-hydrogen) atoms. The summed E-state index contributed by atoms with van der Waals surface area (Å²) >= 11 is 0.608. The SMILES string of the molecule is CN(SN(C)C(=O)Oc1cccc2ccccc12)C(=O)F. The Labute approximate surface area is 125 Å². The Hall–Kier alpha value is -2.28. The number of nitrogens with zero attached hydrogens (tertiary/aromatic N) is 2. The van der Waals surface area contributed by atoms with Gasteiger partial charge in [0.05, 0.1) is 12.1 Å². The number of benzene rings is 2. The molecule has 0 aliphatic heterocycles. The molecule has 2 aromatic carbocycles. The van der Waals surface area contributed by atoms with E-state index in [1.165, 1.54) is 14.1 Å². The number of carbonyl (C=O) groups excluding carboxylic acids is 2. The van der Waals surface area contributed by atoms with Crippen LogP contribution in [0.4, 0.5) is 14.0 Å². The maximum atomic E-state index is 12.4. The highest BCUT2D eigenvalue weighted by molar-refractivity contribution is 7.95. The molecule has 0 radical (unpaired) electrons. The van der Waals surface area contributed by atoms with Crippen molar-refractivity contribution in [1.82, 2.24) is 8.61 Å². The van der Waals surface area contributed by atoms with Crippen LogP contribution in [0.15, 0.2) is 42.5 Å². The van der Waals surface area contributed by atoms with Crippen LogP contribution < -0.4 is 4.74 Å². The molecule has 110 valence electrons. The summed E-state index contributed by atoms with van der Waals surface area (Å²) in [7, 11) is 2.60. The van der Waals surface area contributed by atoms with Crippen molar-refractivity contribution < 1.29 is 18.7 Å². The molecule has 2 aromatic rings. The maximum absolute atomic E-state index is 12.4. The van der Waals surface area contributed by atoms with Crippen LogP contribution in [0.1, 0.15) is 0 Å². The fourth-order valence-corrected chi connectivity index (χ4v) is 2.23. The second-order valence-corrected chi connectivity index (χ2v) is 5.43. The lowest BCUT2D eigenvalue weighted by atomic mass is 10.1. The normalized spacial score (nSPS) is 10.2. The third kappa shape index (κ3) is 3.63. The molecule has 0 saturated carbocycles. The van der Waals surface area contributed by atoms with Crippen LogP contribution in [0, 0.1) is 0 Å². The Bertz CT molecular complexity index is 675. The van der Waals surface area contributed by atoms with Crippen LogP contribution in [-0.4, -0.2) is 35.0 Å². The first-order chi connectivity index (χ1) is 9.99. The molecule has 0 aliphatic carbocycles. The number of rotatable bonds is 3. The van der Waals surface area contributed by atoms with Crippen LogP contribution in [0.2, 0.25) is 0 Å². The molecule has 2 rings (SSSR count). The molecule has 0 aliphatic rings. The smallest absolute Gasteiger partial charge is 0.409 e. The van der Waals surface area contributed by atoms with E-state index < -0.39 is 12.3 Å². The van der Waals surface area contributed by atoms with E-state index in [4.69, 9.17) is 4.74 Å². The van der Waals surface area contributed by atoms with Crippen LogP contribution in [0.5, 0.6) is 5.75 Å². The zero-order valence-corrected chi connectivity index (χ0v) is 12.3. The minimum Gasteiger partial charge on any atom is -0.409 e. The molecule has 0 atom stereocenters. The van der Waals surface area contributed by atoms with Crippen LogP contribution in [0.3, 0.4) is 0 Å². The third-order valence-corrected chi connectivity index (χ3v) is 3.48. The van der Waals surface area contributed by atoms with Crippen molar-refractivity contribution >= 4 is 35.2 Å². The number of carbonyl (C=O) groups is 2. The third-order valence-electron chi connectivity index (χ3n) is 2.70. The summed E-state index contributed by atoms with van der Waals surface area (Å²) in [6.07, 6.45) is -2.35. The molecule has 0 saturated heterocycles. The van der Waals surface area contributed by atoms with Gasteiger partial charge in [-0.2, -0.15) is 0 Å². The first-order valence-corrected chi connectivity index (χ1v) is 6.76. The van der Waals surface area contributed by atoms with Gasteiger partial charge in [0.15, 0.2) is 0 Å². The molecule has 0 fully saturated rings. The Morgan fingerprint density at radius 1 is 1.05 bits per heavy atom. The van der Waals surface area contributed by atoms with E-state index in [-0.39, 0.29) is 0 Å². The van der Waals surface area contributed by atoms with Gasteiger partial charge < -0.3 is 4.74 Å². The van der Waals surface area contributed by atoms with Gasteiger partial charge in [-0.05, 0) is 11.5 Å². The van der Waals surface area contributed by atoms with Crippen molar-refractivity contribution in [2.24, 2.45) is 0 Å². The van der Waals surface area contributed by atoms with E-state index in [2.05, 4.69) is 0 Å². The zero-order chi connectivity index (χ0) is 15.4. The molecule has 2 amide bonds. The predicted molar refractivity (Wildman–Crippen MR) is 79.6 cm³/mol. The van der Waals surface area contributed by atoms with Crippen molar-refractivity contribution in [2.45, 2.75) is 0 Å². The fraction of sp³-hybridized carbons (Fsp3) is 0.143. The van der Waals surface area contributed by atoms with E-state index in [1.54, 1.807) is 12.1 Å². The highest BCUT2D eigenvalue weighted by Gasteiger charge is 2.18. The summed E-state index contributed by atoms with van der Waals surface area (Å²) in [5, 5.41) is 1.73. The lowest BCUT2D eigenvalue weighted by Crippen LogP contribution is -2.29. The Kier molecular flexibility index (Phi) is 4.64. The van der Waals surface area contributed by atoms with Crippen molar-refractivity contribution in [3.63, 3.8) is 0 Å². The van der Waals surface area contributed by atoms with Gasteiger partial charge in [-0.15, -0.1) is 4.39 Å². The van der Waals surface area contributed by atoms with E-state index >= 15 is 0 Å². The molecule has 0 unspecified atom stereocenters. The number of ether oxygens (including phenoxy) is 1. The summed E-state index contributed by atoms with van der Waals surface area (Å²) in [5.41, 5.74) is 0. The molecule has 5 nitrogen and oxygen atoms in total. The van der Waals surface area contributed by atoms with Crippen molar-refractivity contribution in [3.8, 4) is 5.75 Å². The van der Waals surface area contributed by atoms with E-state index in [9.17, 15) is 14.0 Å². The summed E-state index contributed by atoms with van der Waals surface area (Å²) in [6.45, 7) is 0. The summed E-state index contributed by atoms with van der Waals surface area (Å²) in [6, 6.07) is 12.8. The lowest BCUT2D eigenvalue weighted by molar-refractivity contribution is 0.186. The van der Waals surface area contributed by atoms with Crippen molar-refractivity contribution in [3.05, 3.63) is 42.5 Å². The van der Waals surface area contributed by atoms with Gasteiger partial charge in [-0.25, -0.2) is 18.2 Å². The highest BCUT2D eigenvalue weighted by atomic mass is 32.2. The topological polar surface area (TPSA) is 49.9 Å². The molecule has 0 heterocycles. The van der Waals surface area contributed by atoms with Crippen LogP contribution >= 0.6 is 12.1 Å². The van der Waals surface area contributed by atoms with Gasteiger partial charge >= 0.3 is 12.3 Å². The van der Waals surface area contributed by atoms with E-state index in [0.717, 1.165) is 15.1 Å². The Morgan fingerprint density at radius 2 is 1.71 bits per heavy atom. The number of hydrogen-bond acceptors (Lipinski definition) is 4. The van der Waals surface area contributed by atoms with Gasteiger partial charge in [0, 0.05) is 19.5 Å². The molecule has 7 heteroatoms.